The van der Waals surface area contributed by atoms with Crippen molar-refractivity contribution in [1.29, 1.82) is 0 Å². The number of rotatable bonds is 11. The molecule has 2 N–H and O–H groups in total. The average molecular weight is 391 g/mol. The van der Waals surface area contributed by atoms with Gasteiger partial charge in [-0.05, 0) is 37.5 Å². The number of hydrogen-bond acceptors (Lipinski definition) is 4. The van der Waals surface area contributed by atoms with Crippen LogP contribution in [0.3, 0.4) is 0 Å². The molecule has 27 heavy (non-hydrogen) atoms. The van der Waals surface area contributed by atoms with Crippen LogP contribution in [0.25, 0.3) is 0 Å². The first kappa shape index (κ1) is 22.9. The van der Waals surface area contributed by atoms with Crippen LogP contribution in [0, 0.1) is 0 Å². The summed E-state index contributed by atoms with van der Waals surface area (Å²) in [4.78, 5) is 4.14. The molecule has 0 aliphatic rings. The Balaban J connectivity index is 2.48. The average Bonchev–Trinajstić information content (AvgIpc) is 2.64. The van der Waals surface area contributed by atoms with Gasteiger partial charge in [-0.1, -0.05) is 6.07 Å². The number of guanidine groups is 1. The number of benzene rings is 1. The highest BCUT2D eigenvalue weighted by Gasteiger charge is 2.29. The van der Waals surface area contributed by atoms with Crippen molar-refractivity contribution in [2.24, 2.45) is 4.99 Å². The summed E-state index contributed by atoms with van der Waals surface area (Å²) in [7, 11) is 3.06. The van der Waals surface area contributed by atoms with Gasteiger partial charge in [0.15, 0.2) is 24.1 Å². The zero-order valence-corrected chi connectivity index (χ0v) is 16.0. The van der Waals surface area contributed by atoms with E-state index in [9.17, 15) is 13.2 Å². The normalized spacial score (nSPS) is 12.0. The van der Waals surface area contributed by atoms with Crippen molar-refractivity contribution in [2.75, 3.05) is 40.5 Å². The number of nitrogens with one attached hydrogen (secondary N) is 2. The summed E-state index contributed by atoms with van der Waals surface area (Å²) in [6.07, 6.45) is -2.47. The maximum Gasteiger partial charge on any atom is 0.422 e. The van der Waals surface area contributed by atoms with Crippen LogP contribution < -0.4 is 20.1 Å². The lowest BCUT2D eigenvalue weighted by Crippen LogP contribution is -2.37. The van der Waals surface area contributed by atoms with Gasteiger partial charge in [-0.2, -0.15) is 13.2 Å². The predicted molar refractivity (Wildman–Crippen MR) is 98.5 cm³/mol. The van der Waals surface area contributed by atoms with Gasteiger partial charge < -0.3 is 24.8 Å². The fourth-order valence-electron chi connectivity index (χ4n) is 2.19. The lowest BCUT2D eigenvalue weighted by molar-refractivity contribution is -0.153. The van der Waals surface area contributed by atoms with E-state index in [-0.39, 0.29) is 11.5 Å². The molecule has 0 unspecified atom stereocenters. The summed E-state index contributed by atoms with van der Waals surface area (Å²) in [5.74, 6) is 0.940. The number of hydrogen-bond donors (Lipinski definition) is 2. The van der Waals surface area contributed by atoms with Crippen LogP contribution in [0.4, 0.5) is 13.2 Å². The van der Waals surface area contributed by atoms with E-state index in [1.54, 1.807) is 19.2 Å². The van der Waals surface area contributed by atoms with Crippen molar-refractivity contribution in [2.45, 2.75) is 32.5 Å². The molecule has 0 spiro atoms. The number of nitrogens with zero attached hydrogens (tertiary/aromatic N) is 1. The highest BCUT2D eigenvalue weighted by Crippen LogP contribution is 2.29. The van der Waals surface area contributed by atoms with Gasteiger partial charge in [0, 0.05) is 33.4 Å². The zero-order chi connectivity index (χ0) is 20.1. The molecule has 1 rings (SSSR count). The van der Waals surface area contributed by atoms with Crippen molar-refractivity contribution in [3.8, 4) is 11.5 Å². The van der Waals surface area contributed by atoms with Crippen LogP contribution in [0.2, 0.25) is 0 Å². The summed E-state index contributed by atoms with van der Waals surface area (Å²) >= 11 is 0. The van der Waals surface area contributed by atoms with E-state index in [0.717, 1.165) is 38.2 Å². The van der Waals surface area contributed by atoms with Crippen LogP contribution >= 0.6 is 0 Å². The van der Waals surface area contributed by atoms with E-state index < -0.39 is 12.8 Å². The molecule has 0 atom stereocenters. The van der Waals surface area contributed by atoms with E-state index in [2.05, 4.69) is 15.6 Å². The SMILES string of the molecule is CCOCCCCNC(=NC)NCc1ccc(OCC(F)(F)F)c(OC)c1. The molecular weight excluding hydrogens is 363 g/mol. The molecule has 0 saturated carbocycles. The Morgan fingerprint density at radius 1 is 1.15 bits per heavy atom. The molecule has 0 radical (unpaired) electrons. The first-order valence-corrected chi connectivity index (χ1v) is 8.78. The highest BCUT2D eigenvalue weighted by atomic mass is 19.4. The lowest BCUT2D eigenvalue weighted by atomic mass is 10.2. The van der Waals surface area contributed by atoms with Gasteiger partial charge in [-0.3, -0.25) is 4.99 Å². The van der Waals surface area contributed by atoms with Crippen molar-refractivity contribution in [3.05, 3.63) is 23.8 Å². The molecular formula is C18H28F3N3O3. The zero-order valence-electron chi connectivity index (χ0n) is 16.0. The third kappa shape index (κ3) is 9.93. The Kier molecular flexibility index (Phi) is 10.4. The summed E-state index contributed by atoms with van der Waals surface area (Å²) in [6.45, 7) is 3.27. The van der Waals surface area contributed by atoms with Crippen molar-refractivity contribution >= 4 is 5.96 Å². The van der Waals surface area contributed by atoms with Gasteiger partial charge in [-0.15, -0.1) is 0 Å². The molecule has 154 valence electrons. The molecule has 6 nitrogen and oxygen atoms in total. The molecule has 0 aliphatic heterocycles. The third-order valence-electron chi connectivity index (χ3n) is 3.51. The van der Waals surface area contributed by atoms with Crippen molar-refractivity contribution < 1.29 is 27.4 Å². The quantitative estimate of drug-likeness (QED) is 0.345. The fourth-order valence-corrected chi connectivity index (χ4v) is 2.19. The largest absolute Gasteiger partial charge is 0.493 e. The highest BCUT2D eigenvalue weighted by molar-refractivity contribution is 5.79. The Morgan fingerprint density at radius 2 is 1.93 bits per heavy atom. The topological polar surface area (TPSA) is 64.1 Å². The molecule has 0 saturated heterocycles. The number of unbranched alkanes of at least 4 members (excludes halogenated alkanes) is 1. The Hall–Kier alpha value is -2.16. The number of ether oxygens (including phenoxy) is 3. The monoisotopic (exact) mass is 391 g/mol. The van der Waals surface area contributed by atoms with Gasteiger partial charge in [0.2, 0.25) is 0 Å². The molecule has 0 fully saturated rings. The van der Waals surface area contributed by atoms with E-state index in [4.69, 9.17) is 14.2 Å². The lowest BCUT2D eigenvalue weighted by Gasteiger charge is -2.15. The standard InChI is InChI=1S/C18H28F3N3O3/c1-4-26-10-6-5-9-23-17(22-2)24-12-14-7-8-15(16(11-14)25-3)27-13-18(19,20)21/h7-8,11H,4-6,9-10,12-13H2,1-3H3,(H2,22,23,24). The van der Waals surface area contributed by atoms with Crippen LogP contribution in [0.15, 0.2) is 23.2 Å². The second-order valence-corrected chi connectivity index (χ2v) is 5.65. The first-order chi connectivity index (χ1) is 12.9. The summed E-state index contributed by atoms with van der Waals surface area (Å²) in [6, 6.07) is 4.77. The van der Waals surface area contributed by atoms with Gasteiger partial charge >= 0.3 is 6.18 Å². The molecule has 1 aromatic carbocycles. The van der Waals surface area contributed by atoms with Crippen LogP contribution in [-0.4, -0.2) is 52.7 Å². The molecule has 0 heterocycles. The smallest absolute Gasteiger partial charge is 0.422 e. The summed E-state index contributed by atoms with van der Waals surface area (Å²) < 4.78 is 52.0. The van der Waals surface area contributed by atoms with E-state index in [1.807, 2.05) is 6.92 Å². The van der Waals surface area contributed by atoms with Gasteiger partial charge in [0.1, 0.15) is 0 Å². The van der Waals surface area contributed by atoms with Crippen molar-refractivity contribution in [3.63, 3.8) is 0 Å². The molecule has 9 heteroatoms. The summed E-state index contributed by atoms with van der Waals surface area (Å²) in [5, 5.41) is 6.34. The minimum atomic E-state index is -4.40. The molecule has 1 aromatic rings. The summed E-state index contributed by atoms with van der Waals surface area (Å²) in [5.41, 5.74) is 0.825. The van der Waals surface area contributed by atoms with Crippen LogP contribution in [0.1, 0.15) is 25.3 Å². The van der Waals surface area contributed by atoms with Crippen LogP contribution in [0.5, 0.6) is 11.5 Å². The maximum atomic E-state index is 12.3. The predicted octanol–water partition coefficient (Wildman–Crippen LogP) is 3.12. The molecule has 0 aliphatic carbocycles. The Labute approximate surface area is 158 Å². The second-order valence-electron chi connectivity index (χ2n) is 5.65. The van der Waals surface area contributed by atoms with Gasteiger partial charge in [0.25, 0.3) is 0 Å². The minimum Gasteiger partial charge on any atom is -0.493 e. The first-order valence-electron chi connectivity index (χ1n) is 8.78. The minimum absolute atomic E-state index is 0.0513. The maximum absolute atomic E-state index is 12.3. The molecule has 0 bridgehead atoms. The third-order valence-corrected chi connectivity index (χ3v) is 3.51. The number of alkyl halides is 3. The molecule has 0 aromatic heterocycles. The van der Waals surface area contributed by atoms with Crippen LogP contribution in [-0.2, 0) is 11.3 Å². The second kappa shape index (κ2) is 12.3. The molecule has 0 amide bonds. The number of halogens is 3. The van der Waals surface area contributed by atoms with Crippen molar-refractivity contribution in [1.82, 2.24) is 10.6 Å². The number of aliphatic imine (C=N–C) groups is 1. The van der Waals surface area contributed by atoms with E-state index in [0.29, 0.717) is 12.5 Å². The van der Waals surface area contributed by atoms with Gasteiger partial charge in [-0.25, -0.2) is 0 Å². The number of methoxy groups -OCH3 is 1. The Morgan fingerprint density at radius 3 is 2.56 bits per heavy atom. The van der Waals surface area contributed by atoms with Gasteiger partial charge in [0.05, 0.1) is 7.11 Å². The Bertz CT molecular complexity index is 581. The van der Waals surface area contributed by atoms with E-state index >= 15 is 0 Å². The van der Waals surface area contributed by atoms with E-state index in [1.165, 1.54) is 13.2 Å². The fraction of sp³-hybridized carbons (Fsp3) is 0.611.